The van der Waals surface area contributed by atoms with Crippen LogP contribution >= 0.6 is 0 Å². The number of carboxylic acids is 1. The van der Waals surface area contributed by atoms with Gasteiger partial charge in [-0.2, -0.15) is 0 Å². The summed E-state index contributed by atoms with van der Waals surface area (Å²) in [5, 5.41) is 11.3. The van der Waals surface area contributed by atoms with Crippen LogP contribution in [0.25, 0.3) is 0 Å². The maximum Gasteiger partial charge on any atom is 0.408 e. The summed E-state index contributed by atoms with van der Waals surface area (Å²) in [4.78, 5) is 35.0. The van der Waals surface area contributed by atoms with E-state index < -0.39 is 36.1 Å². The summed E-state index contributed by atoms with van der Waals surface area (Å²) < 4.78 is 18.5. The smallest absolute Gasteiger partial charge is 0.408 e. The van der Waals surface area contributed by atoms with Crippen molar-refractivity contribution in [3.63, 3.8) is 0 Å². The lowest BCUT2D eigenvalue weighted by atomic mass is 10.0. The number of hydrogen-bond acceptors (Lipinski definition) is 4. The number of hydrogen-bond donors (Lipinski definition) is 2. The molecule has 0 saturated heterocycles. The van der Waals surface area contributed by atoms with Crippen molar-refractivity contribution in [1.82, 2.24) is 5.32 Å². The van der Waals surface area contributed by atoms with Gasteiger partial charge in [-0.3, -0.25) is 4.79 Å². The zero-order valence-corrected chi connectivity index (χ0v) is 13.1. The molecule has 2 aromatic carbocycles. The normalized spacial score (nSPS) is 11.4. The first kappa shape index (κ1) is 18.1. The van der Waals surface area contributed by atoms with Crippen molar-refractivity contribution in [2.75, 3.05) is 0 Å². The SMILES string of the molecule is O=C(NC(CC(=O)c1ccccc1F)C(=O)O)OCc1ccccc1. The van der Waals surface area contributed by atoms with Crippen molar-refractivity contribution in [3.8, 4) is 0 Å². The van der Waals surface area contributed by atoms with Crippen LogP contribution in [-0.2, 0) is 16.1 Å². The molecule has 2 N–H and O–H groups in total. The van der Waals surface area contributed by atoms with Gasteiger partial charge in [0.15, 0.2) is 5.78 Å². The minimum absolute atomic E-state index is 0.0414. The molecule has 6 nitrogen and oxygen atoms in total. The summed E-state index contributed by atoms with van der Waals surface area (Å²) in [6.07, 6.45) is -1.56. The highest BCUT2D eigenvalue weighted by Crippen LogP contribution is 2.11. The van der Waals surface area contributed by atoms with Gasteiger partial charge in [0.05, 0.1) is 5.56 Å². The molecular formula is C18H16FNO5. The van der Waals surface area contributed by atoms with Crippen molar-refractivity contribution in [1.29, 1.82) is 0 Å². The highest BCUT2D eigenvalue weighted by atomic mass is 19.1. The molecule has 0 fully saturated rings. The number of aliphatic carboxylic acids is 1. The number of carbonyl (C=O) groups is 3. The van der Waals surface area contributed by atoms with Gasteiger partial charge in [-0.25, -0.2) is 14.0 Å². The standard InChI is InChI=1S/C18H16FNO5/c19-14-9-5-4-8-13(14)16(21)10-15(17(22)23)20-18(24)25-11-12-6-2-1-3-7-12/h1-9,15H,10-11H2,(H,20,24)(H,22,23). The number of carboxylic acid groups (broad SMARTS) is 1. The maximum atomic E-state index is 13.6. The molecule has 7 heteroatoms. The molecule has 1 unspecified atom stereocenters. The van der Waals surface area contributed by atoms with E-state index in [-0.39, 0.29) is 12.2 Å². The zero-order valence-electron chi connectivity index (χ0n) is 13.1. The number of carbonyl (C=O) groups excluding carboxylic acids is 2. The van der Waals surface area contributed by atoms with Gasteiger partial charge in [0, 0.05) is 6.42 Å². The third-order valence-electron chi connectivity index (χ3n) is 3.37. The summed E-state index contributed by atoms with van der Waals surface area (Å²) in [6, 6.07) is 12.5. The fourth-order valence-electron chi connectivity index (χ4n) is 2.09. The Morgan fingerprint density at radius 3 is 2.32 bits per heavy atom. The number of Topliss-reactive ketones (excluding diaryl/α,β-unsaturated/α-hetero) is 1. The fourth-order valence-corrected chi connectivity index (χ4v) is 2.09. The number of alkyl carbamates (subject to hydrolysis) is 1. The van der Waals surface area contributed by atoms with Crippen LogP contribution in [0.15, 0.2) is 54.6 Å². The van der Waals surface area contributed by atoms with E-state index in [4.69, 9.17) is 9.84 Å². The van der Waals surface area contributed by atoms with E-state index >= 15 is 0 Å². The molecular weight excluding hydrogens is 329 g/mol. The lowest BCUT2D eigenvalue weighted by Gasteiger charge is -2.14. The molecule has 0 aliphatic heterocycles. The van der Waals surface area contributed by atoms with E-state index in [2.05, 4.69) is 5.32 Å². The molecule has 0 aromatic heterocycles. The van der Waals surface area contributed by atoms with Crippen LogP contribution in [0.1, 0.15) is 22.3 Å². The Labute approximate surface area is 143 Å². The second kappa shape index (κ2) is 8.58. The number of halogens is 1. The predicted molar refractivity (Wildman–Crippen MR) is 86.5 cm³/mol. The quantitative estimate of drug-likeness (QED) is 0.753. The van der Waals surface area contributed by atoms with Gasteiger partial charge in [0.25, 0.3) is 0 Å². The summed E-state index contributed by atoms with van der Waals surface area (Å²) in [5.74, 6) is -2.89. The Balaban J connectivity index is 1.94. The Morgan fingerprint density at radius 2 is 1.68 bits per heavy atom. The highest BCUT2D eigenvalue weighted by molar-refractivity contribution is 5.99. The largest absolute Gasteiger partial charge is 0.480 e. The molecule has 0 bridgehead atoms. The van der Waals surface area contributed by atoms with Crippen molar-refractivity contribution >= 4 is 17.8 Å². The van der Waals surface area contributed by atoms with E-state index in [1.54, 1.807) is 30.3 Å². The number of amides is 1. The third kappa shape index (κ3) is 5.42. The van der Waals surface area contributed by atoms with Crippen LogP contribution in [-0.4, -0.2) is 29.0 Å². The Bertz CT molecular complexity index is 763. The van der Waals surface area contributed by atoms with Gasteiger partial charge in [0.2, 0.25) is 0 Å². The molecule has 0 saturated carbocycles. The summed E-state index contributed by atoms with van der Waals surface area (Å²) in [7, 11) is 0. The monoisotopic (exact) mass is 345 g/mol. The van der Waals surface area contributed by atoms with Gasteiger partial charge in [0.1, 0.15) is 18.5 Å². The van der Waals surface area contributed by atoms with E-state index in [0.29, 0.717) is 0 Å². The van der Waals surface area contributed by atoms with E-state index in [1.807, 2.05) is 0 Å². The lowest BCUT2D eigenvalue weighted by Crippen LogP contribution is -2.42. The maximum absolute atomic E-state index is 13.6. The van der Waals surface area contributed by atoms with Crippen LogP contribution in [0.5, 0.6) is 0 Å². The number of rotatable bonds is 7. The van der Waals surface area contributed by atoms with Crippen LogP contribution in [0.4, 0.5) is 9.18 Å². The zero-order chi connectivity index (χ0) is 18.2. The molecule has 2 rings (SSSR count). The second-order valence-corrected chi connectivity index (χ2v) is 5.20. The molecule has 2 aromatic rings. The Kier molecular flexibility index (Phi) is 6.22. The van der Waals surface area contributed by atoms with Crippen LogP contribution in [0.3, 0.4) is 0 Å². The van der Waals surface area contributed by atoms with Crippen molar-refractivity contribution in [2.24, 2.45) is 0 Å². The minimum Gasteiger partial charge on any atom is -0.480 e. The number of ketones is 1. The molecule has 0 heterocycles. The summed E-state index contributed by atoms with van der Waals surface area (Å²) >= 11 is 0. The first-order valence-electron chi connectivity index (χ1n) is 7.45. The number of benzene rings is 2. The van der Waals surface area contributed by atoms with Crippen LogP contribution in [0, 0.1) is 5.82 Å². The van der Waals surface area contributed by atoms with Gasteiger partial charge in [-0.05, 0) is 17.7 Å². The summed E-state index contributed by atoms with van der Waals surface area (Å²) in [6.45, 7) is -0.0414. The minimum atomic E-state index is -1.52. The van der Waals surface area contributed by atoms with Crippen LogP contribution < -0.4 is 5.32 Å². The average molecular weight is 345 g/mol. The second-order valence-electron chi connectivity index (χ2n) is 5.20. The first-order chi connectivity index (χ1) is 12.0. The molecule has 1 atom stereocenters. The van der Waals surface area contributed by atoms with E-state index in [0.717, 1.165) is 11.6 Å². The van der Waals surface area contributed by atoms with Gasteiger partial charge < -0.3 is 15.2 Å². The predicted octanol–water partition coefficient (Wildman–Crippen LogP) is 2.78. The van der Waals surface area contributed by atoms with Crippen molar-refractivity contribution < 1.29 is 28.6 Å². The fraction of sp³-hybridized carbons (Fsp3) is 0.167. The van der Waals surface area contributed by atoms with Crippen LogP contribution in [0.2, 0.25) is 0 Å². The van der Waals surface area contributed by atoms with E-state index in [9.17, 15) is 18.8 Å². The molecule has 0 aliphatic carbocycles. The van der Waals surface area contributed by atoms with Gasteiger partial charge in [-0.1, -0.05) is 42.5 Å². The Morgan fingerprint density at radius 1 is 1.04 bits per heavy atom. The van der Waals surface area contributed by atoms with Crippen molar-refractivity contribution in [3.05, 3.63) is 71.5 Å². The van der Waals surface area contributed by atoms with Gasteiger partial charge >= 0.3 is 12.1 Å². The topological polar surface area (TPSA) is 92.7 Å². The average Bonchev–Trinajstić information content (AvgIpc) is 2.60. The molecule has 130 valence electrons. The molecule has 0 spiro atoms. The van der Waals surface area contributed by atoms with E-state index in [1.165, 1.54) is 18.2 Å². The Hall–Kier alpha value is -3.22. The molecule has 1 amide bonds. The lowest BCUT2D eigenvalue weighted by molar-refractivity contribution is -0.139. The third-order valence-corrected chi connectivity index (χ3v) is 3.37. The highest BCUT2D eigenvalue weighted by Gasteiger charge is 2.25. The number of ether oxygens (including phenoxy) is 1. The molecule has 0 radical (unpaired) electrons. The number of nitrogens with one attached hydrogen (secondary N) is 1. The van der Waals surface area contributed by atoms with Crippen molar-refractivity contribution in [2.45, 2.75) is 19.1 Å². The van der Waals surface area contributed by atoms with Gasteiger partial charge in [-0.15, -0.1) is 0 Å². The summed E-state index contributed by atoms with van der Waals surface area (Å²) in [5.41, 5.74) is 0.500. The molecule has 0 aliphatic rings. The first-order valence-corrected chi connectivity index (χ1v) is 7.45. The molecule has 25 heavy (non-hydrogen) atoms.